The van der Waals surface area contributed by atoms with Crippen LogP contribution in [0.1, 0.15) is 18.4 Å². The molecule has 0 amide bonds. The summed E-state index contributed by atoms with van der Waals surface area (Å²) in [5, 5.41) is 20.8. The summed E-state index contributed by atoms with van der Waals surface area (Å²) < 4.78 is 0. The molecule has 0 spiro atoms. The maximum Gasteiger partial charge on any atom is 0.317 e. The topological polar surface area (TPSA) is 73.1 Å². The average Bonchev–Trinajstić information content (AvgIpc) is 2.29. The molecule has 17 heavy (non-hydrogen) atoms. The zero-order chi connectivity index (χ0) is 12.3. The lowest BCUT2D eigenvalue weighted by Gasteiger charge is -2.43. The minimum absolute atomic E-state index is 0.0407. The third kappa shape index (κ3) is 2.29. The van der Waals surface area contributed by atoms with Gasteiger partial charge in [0, 0.05) is 6.04 Å². The molecule has 4 nitrogen and oxygen atoms in total. The lowest BCUT2D eigenvalue weighted by atomic mass is 9.62. The first-order valence-corrected chi connectivity index (χ1v) is 5.58. The SMILES string of the molecule is N#CC1(c2ccccc2)CC(NCC(=O)O)C1. The van der Waals surface area contributed by atoms with E-state index in [-0.39, 0.29) is 12.6 Å². The molecule has 1 fully saturated rings. The quantitative estimate of drug-likeness (QED) is 0.817. The van der Waals surface area contributed by atoms with Crippen LogP contribution in [0, 0.1) is 11.3 Å². The number of aliphatic carboxylic acids is 1. The molecule has 0 saturated heterocycles. The van der Waals surface area contributed by atoms with E-state index in [0.717, 1.165) is 5.56 Å². The Kier molecular flexibility index (Phi) is 3.12. The van der Waals surface area contributed by atoms with Crippen LogP contribution in [-0.4, -0.2) is 23.7 Å². The number of hydrogen-bond donors (Lipinski definition) is 2. The second kappa shape index (κ2) is 4.56. The average molecular weight is 230 g/mol. The smallest absolute Gasteiger partial charge is 0.317 e. The van der Waals surface area contributed by atoms with Crippen molar-refractivity contribution >= 4 is 5.97 Å². The van der Waals surface area contributed by atoms with Crippen LogP contribution in [0.15, 0.2) is 30.3 Å². The Morgan fingerprint density at radius 2 is 2.12 bits per heavy atom. The summed E-state index contributed by atoms with van der Waals surface area (Å²) in [5.41, 5.74) is 0.591. The molecule has 4 heteroatoms. The van der Waals surface area contributed by atoms with Gasteiger partial charge in [0.1, 0.15) is 0 Å². The molecule has 0 atom stereocenters. The fraction of sp³-hybridized carbons (Fsp3) is 0.385. The monoisotopic (exact) mass is 230 g/mol. The van der Waals surface area contributed by atoms with E-state index in [4.69, 9.17) is 5.11 Å². The molecule has 0 radical (unpaired) electrons. The molecule has 88 valence electrons. The van der Waals surface area contributed by atoms with E-state index in [0.29, 0.717) is 12.8 Å². The van der Waals surface area contributed by atoms with Gasteiger partial charge in [0.05, 0.1) is 18.0 Å². The van der Waals surface area contributed by atoms with Crippen molar-refractivity contribution in [2.45, 2.75) is 24.3 Å². The molecule has 2 N–H and O–H groups in total. The van der Waals surface area contributed by atoms with Gasteiger partial charge in [0.2, 0.25) is 0 Å². The molecule has 0 bridgehead atoms. The third-order valence-corrected chi connectivity index (χ3v) is 3.27. The molecular weight excluding hydrogens is 216 g/mol. The molecule has 1 aromatic rings. The maximum atomic E-state index is 10.4. The second-order valence-corrected chi connectivity index (χ2v) is 4.44. The third-order valence-electron chi connectivity index (χ3n) is 3.27. The first-order chi connectivity index (χ1) is 8.16. The van der Waals surface area contributed by atoms with Crippen LogP contribution in [0.25, 0.3) is 0 Å². The van der Waals surface area contributed by atoms with Crippen LogP contribution in [0.3, 0.4) is 0 Å². The molecular formula is C13H14N2O2. The van der Waals surface area contributed by atoms with Crippen molar-refractivity contribution in [3.05, 3.63) is 35.9 Å². The van der Waals surface area contributed by atoms with Gasteiger partial charge in [-0.15, -0.1) is 0 Å². The summed E-state index contributed by atoms with van der Waals surface area (Å²) in [6.45, 7) is -0.0407. The van der Waals surface area contributed by atoms with Crippen LogP contribution in [-0.2, 0) is 10.2 Å². The van der Waals surface area contributed by atoms with Crippen LogP contribution in [0.4, 0.5) is 0 Å². The van der Waals surface area contributed by atoms with E-state index >= 15 is 0 Å². The number of nitrogens with zero attached hydrogens (tertiary/aromatic N) is 1. The standard InChI is InChI=1S/C13H14N2O2/c14-9-13(10-4-2-1-3-5-10)6-11(7-13)15-8-12(16)17/h1-5,11,15H,6-8H2,(H,16,17). The molecule has 0 unspecified atom stereocenters. The second-order valence-electron chi connectivity index (χ2n) is 4.44. The van der Waals surface area contributed by atoms with Crippen molar-refractivity contribution in [2.24, 2.45) is 0 Å². The van der Waals surface area contributed by atoms with Gasteiger partial charge in [-0.25, -0.2) is 0 Å². The summed E-state index contributed by atoms with van der Waals surface area (Å²) in [4.78, 5) is 10.4. The molecule has 0 aromatic heterocycles. The number of carboxylic acids is 1. The van der Waals surface area contributed by atoms with Crippen molar-refractivity contribution < 1.29 is 9.90 Å². The Labute approximate surface area is 99.9 Å². The molecule has 1 saturated carbocycles. The minimum atomic E-state index is -0.862. The Morgan fingerprint density at radius 3 is 2.65 bits per heavy atom. The highest BCUT2D eigenvalue weighted by Gasteiger charge is 2.45. The number of hydrogen-bond acceptors (Lipinski definition) is 3. The number of carbonyl (C=O) groups is 1. The highest BCUT2D eigenvalue weighted by molar-refractivity contribution is 5.69. The highest BCUT2D eigenvalue weighted by Crippen LogP contribution is 2.43. The largest absolute Gasteiger partial charge is 0.480 e. The van der Waals surface area contributed by atoms with Crippen LogP contribution >= 0.6 is 0 Å². The zero-order valence-corrected chi connectivity index (χ0v) is 9.39. The van der Waals surface area contributed by atoms with Gasteiger partial charge in [-0.1, -0.05) is 30.3 Å². The van der Waals surface area contributed by atoms with Crippen molar-refractivity contribution in [3.8, 4) is 6.07 Å². The number of carboxylic acid groups (broad SMARTS) is 1. The normalized spacial score (nSPS) is 26.9. The lowest BCUT2D eigenvalue weighted by molar-refractivity contribution is -0.136. The van der Waals surface area contributed by atoms with E-state index in [1.165, 1.54) is 0 Å². The maximum absolute atomic E-state index is 10.4. The molecule has 1 aliphatic carbocycles. The van der Waals surface area contributed by atoms with E-state index in [2.05, 4.69) is 11.4 Å². The van der Waals surface area contributed by atoms with Crippen molar-refractivity contribution in [3.63, 3.8) is 0 Å². The summed E-state index contributed by atoms with van der Waals surface area (Å²) in [6.07, 6.45) is 1.36. The van der Waals surface area contributed by atoms with Gasteiger partial charge in [0.15, 0.2) is 0 Å². The highest BCUT2D eigenvalue weighted by atomic mass is 16.4. The first-order valence-electron chi connectivity index (χ1n) is 5.58. The molecule has 1 aromatic carbocycles. The number of benzene rings is 1. The van der Waals surface area contributed by atoms with Gasteiger partial charge in [-0.3, -0.25) is 4.79 Å². The summed E-state index contributed by atoms with van der Waals surface area (Å²) in [7, 11) is 0. The number of nitriles is 1. The molecule has 2 rings (SSSR count). The molecule has 1 aliphatic rings. The summed E-state index contributed by atoms with van der Waals surface area (Å²) in [6, 6.07) is 12.2. The van der Waals surface area contributed by atoms with Crippen LogP contribution in [0.5, 0.6) is 0 Å². The molecule has 0 heterocycles. The van der Waals surface area contributed by atoms with Gasteiger partial charge in [-0.2, -0.15) is 5.26 Å². The molecule has 0 aliphatic heterocycles. The van der Waals surface area contributed by atoms with E-state index in [9.17, 15) is 10.1 Å². The van der Waals surface area contributed by atoms with Crippen molar-refractivity contribution in [1.29, 1.82) is 5.26 Å². The summed E-state index contributed by atoms with van der Waals surface area (Å²) >= 11 is 0. The fourth-order valence-corrected chi connectivity index (χ4v) is 2.31. The van der Waals surface area contributed by atoms with Gasteiger partial charge < -0.3 is 10.4 Å². The Bertz CT molecular complexity index is 444. The van der Waals surface area contributed by atoms with Gasteiger partial charge in [-0.05, 0) is 18.4 Å². The Balaban J connectivity index is 1.99. The van der Waals surface area contributed by atoms with Crippen molar-refractivity contribution in [2.75, 3.05) is 6.54 Å². The van der Waals surface area contributed by atoms with E-state index in [1.54, 1.807) is 0 Å². The van der Waals surface area contributed by atoms with Gasteiger partial charge >= 0.3 is 5.97 Å². The fourth-order valence-electron chi connectivity index (χ4n) is 2.31. The number of rotatable bonds is 4. The van der Waals surface area contributed by atoms with Crippen LogP contribution in [0.2, 0.25) is 0 Å². The first kappa shape index (κ1) is 11.6. The number of nitrogens with one attached hydrogen (secondary N) is 1. The Morgan fingerprint density at radius 1 is 1.47 bits per heavy atom. The Hall–Kier alpha value is -1.86. The predicted octanol–water partition coefficient (Wildman–Crippen LogP) is 1.28. The predicted molar refractivity (Wildman–Crippen MR) is 62.4 cm³/mol. The minimum Gasteiger partial charge on any atom is -0.480 e. The lowest BCUT2D eigenvalue weighted by Crippen LogP contribution is -2.51. The summed E-state index contributed by atoms with van der Waals surface area (Å²) in [5.74, 6) is -0.862. The van der Waals surface area contributed by atoms with Crippen molar-refractivity contribution in [1.82, 2.24) is 5.32 Å². The van der Waals surface area contributed by atoms with E-state index < -0.39 is 11.4 Å². The van der Waals surface area contributed by atoms with E-state index in [1.807, 2.05) is 30.3 Å². The van der Waals surface area contributed by atoms with Gasteiger partial charge in [0.25, 0.3) is 0 Å². The zero-order valence-electron chi connectivity index (χ0n) is 9.39. The van der Waals surface area contributed by atoms with Crippen LogP contribution < -0.4 is 5.32 Å².